The molecule has 2 rings (SSSR count). The van der Waals surface area contributed by atoms with Crippen LogP contribution in [0.15, 0.2) is 12.2 Å². The van der Waals surface area contributed by atoms with Crippen LogP contribution in [0.25, 0.3) is 0 Å². The van der Waals surface area contributed by atoms with Gasteiger partial charge in [0.1, 0.15) is 55.4 Å². The van der Waals surface area contributed by atoms with Gasteiger partial charge in [-0.3, -0.25) is 9.59 Å². The summed E-state index contributed by atoms with van der Waals surface area (Å²) in [6.07, 6.45) is 18.1. The minimum absolute atomic E-state index is 0.167. The third-order valence-electron chi connectivity index (χ3n) is 12.2. The number of allylic oxidation sites excluding steroid dienone is 2. The van der Waals surface area contributed by atoms with Crippen LogP contribution in [0.3, 0.4) is 0 Å². The summed E-state index contributed by atoms with van der Waals surface area (Å²) in [6.45, 7) is 2.58. The summed E-state index contributed by atoms with van der Waals surface area (Å²) in [6, 6.07) is 0. The van der Waals surface area contributed by atoms with Gasteiger partial charge >= 0.3 is 11.9 Å². The molecule has 0 aliphatic carbocycles. The molecule has 0 aromatic carbocycles. The molecule has 0 bridgehead atoms. The van der Waals surface area contributed by atoms with Crippen LogP contribution in [0.5, 0.6) is 0 Å². The molecule has 0 aromatic rings. The van der Waals surface area contributed by atoms with Crippen molar-refractivity contribution in [2.24, 2.45) is 0 Å². The van der Waals surface area contributed by atoms with Gasteiger partial charge in [-0.2, -0.15) is 0 Å². The third kappa shape index (κ3) is 25.4. The lowest BCUT2D eigenvalue weighted by Gasteiger charge is -2.42. The summed E-state index contributed by atoms with van der Waals surface area (Å²) in [5.41, 5.74) is 0. The first-order chi connectivity index (χ1) is 31.0. The van der Waals surface area contributed by atoms with Gasteiger partial charge in [0.05, 0.1) is 19.8 Å². The van der Waals surface area contributed by atoms with E-state index >= 15 is 0 Å². The topological polar surface area (TPSA) is 231 Å². The number of aliphatic hydroxyl groups excluding tert-OH is 7. The SMILES string of the molecule is CCCCCCCCCC/C=C/CCCCCC(=O)OC[C@H](CO[C@@H]1O[C@H](CO[C@@H]2O[C@H](CO)[C@H](O)C(O)C2O)[C@H](O)C(O)C1O)OC(=O)CCCCCCCCCCCCCCC. The summed E-state index contributed by atoms with van der Waals surface area (Å²) in [5, 5.41) is 72.0. The molecule has 11 atom stereocenters. The van der Waals surface area contributed by atoms with Crippen molar-refractivity contribution in [3.8, 4) is 0 Å². The van der Waals surface area contributed by atoms with Gasteiger partial charge in [0.15, 0.2) is 18.7 Å². The Hall–Kier alpha value is -1.76. The zero-order chi connectivity index (χ0) is 46.8. The molecule has 0 spiro atoms. The van der Waals surface area contributed by atoms with Crippen molar-refractivity contribution in [3.05, 3.63) is 12.2 Å². The van der Waals surface area contributed by atoms with Crippen LogP contribution < -0.4 is 0 Å². The summed E-state index contributed by atoms with van der Waals surface area (Å²) in [4.78, 5) is 25.7. The molecule has 0 saturated carbocycles. The Balaban J connectivity index is 1.82. The Bertz CT molecular complexity index is 1170. The van der Waals surface area contributed by atoms with Crippen LogP contribution in [-0.4, -0.2) is 142 Å². The zero-order valence-corrected chi connectivity index (χ0v) is 39.5. The Morgan fingerprint density at radius 1 is 0.484 bits per heavy atom. The molecule has 2 saturated heterocycles. The number of ether oxygens (including phenoxy) is 6. The number of aliphatic hydroxyl groups is 7. The van der Waals surface area contributed by atoms with Gasteiger partial charge in [-0.15, -0.1) is 0 Å². The van der Waals surface area contributed by atoms with E-state index in [0.717, 1.165) is 44.9 Å². The van der Waals surface area contributed by atoms with Crippen molar-refractivity contribution < 1.29 is 73.8 Å². The lowest BCUT2D eigenvalue weighted by atomic mass is 9.98. The average Bonchev–Trinajstić information content (AvgIpc) is 3.29. The van der Waals surface area contributed by atoms with Crippen LogP contribution in [0.1, 0.15) is 194 Å². The van der Waals surface area contributed by atoms with Crippen LogP contribution >= 0.6 is 0 Å². The molecule has 376 valence electrons. The van der Waals surface area contributed by atoms with E-state index in [1.165, 1.54) is 109 Å². The fraction of sp³-hybridized carbons (Fsp3) is 0.918. The van der Waals surface area contributed by atoms with Gasteiger partial charge in [-0.05, 0) is 38.5 Å². The second-order valence-corrected chi connectivity index (χ2v) is 18.0. The van der Waals surface area contributed by atoms with Gasteiger partial charge in [0.2, 0.25) is 0 Å². The van der Waals surface area contributed by atoms with Crippen molar-refractivity contribution >= 4 is 11.9 Å². The maximum atomic E-state index is 13.0. The third-order valence-corrected chi connectivity index (χ3v) is 12.2. The smallest absolute Gasteiger partial charge is 0.306 e. The summed E-state index contributed by atoms with van der Waals surface area (Å²) < 4.78 is 33.5. The van der Waals surface area contributed by atoms with Gasteiger partial charge in [-0.25, -0.2) is 0 Å². The molecular formula is C49H90O15. The van der Waals surface area contributed by atoms with Gasteiger partial charge in [0.25, 0.3) is 0 Å². The Labute approximate surface area is 384 Å². The molecule has 7 N–H and O–H groups in total. The van der Waals surface area contributed by atoms with Gasteiger partial charge in [0, 0.05) is 12.8 Å². The van der Waals surface area contributed by atoms with Gasteiger partial charge in [-0.1, -0.05) is 154 Å². The average molecular weight is 919 g/mol. The molecule has 2 heterocycles. The number of hydrogen-bond donors (Lipinski definition) is 7. The monoisotopic (exact) mass is 919 g/mol. The minimum Gasteiger partial charge on any atom is -0.462 e. The first-order valence-electron chi connectivity index (χ1n) is 25.3. The van der Waals surface area contributed by atoms with E-state index in [-0.39, 0.29) is 26.1 Å². The number of hydrogen-bond acceptors (Lipinski definition) is 15. The number of carbonyl (C=O) groups excluding carboxylic acids is 2. The highest BCUT2D eigenvalue weighted by molar-refractivity contribution is 5.70. The van der Waals surface area contributed by atoms with E-state index in [0.29, 0.717) is 12.8 Å². The first kappa shape index (κ1) is 58.4. The largest absolute Gasteiger partial charge is 0.462 e. The predicted octanol–water partition coefficient (Wildman–Crippen LogP) is 6.60. The van der Waals surface area contributed by atoms with E-state index in [1.54, 1.807) is 0 Å². The predicted molar refractivity (Wildman–Crippen MR) is 243 cm³/mol. The van der Waals surface area contributed by atoms with E-state index in [4.69, 9.17) is 28.4 Å². The van der Waals surface area contributed by atoms with E-state index in [1.807, 2.05) is 0 Å². The standard InChI is InChI=1S/C49H90O15/c1-3-5-7-9-11-13-15-17-18-20-21-23-25-27-29-31-40(51)59-34-37(62-41(52)32-30-28-26-24-22-19-16-14-12-10-8-6-4-2)35-60-48-47(58)45(56)43(54)39(64-48)36-61-49-46(57)44(55)42(53)38(33-50)63-49/h20-21,37-39,42-50,53-58H,3-19,22-36H2,1-2H3/b21-20+/t37-,38-,39-,42+,43+,44?,45?,46?,47?,48-,49-/m1/s1. The van der Waals surface area contributed by atoms with Crippen molar-refractivity contribution in [2.75, 3.05) is 26.4 Å². The zero-order valence-electron chi connectivity index (χ0n) is 39.5. The van der Waals surface area contributed by atoms with Crippen LogP contribution in [0.2, 0.25) is 0 Å². The molecule has 0 amide bonds. The van der Waals surface area contributed by atoms with E-state index < -0.39 is 92.7 Å². The highest BCUT2D eigenvalue weighted by Gasteiger charge is 2.47. The number of unbranched alkanes of at least 4 members (excludes halogenated alkanes) is 23. The fourth-order valence-corrected chi connectivity index (χ4v) is 8.04. The Morgan fingerprint density at radius 3 is 1.39 bits per heavy atom. The van der Waals surface area contributed by atoms with Crippen molar-refractivity contribution in [2.45, 2.75) is 261 Å². The molecule has 15 heteroatoms. The number of rotatable bonds is 39. The second-order valence-electron chi connectivity index (χ2n) is 18.0. The molecule has 4 unspecified atom stereocenters. The summed E-state index contributed by atoms with van der Waals surface area (Å²) in [5.74, 6) is -0.935. The highest BCUT2D eigenvalue weighted by Crippen LogP contribution is 2.26. The fourth-order valence-electron chi connectivity index (χ4n) is 8.04. The van der Waals surface area contributed by atoms with Crippen LogP contribution in [-0.2, 0) is 38.0 Å². The molecule has 2 fully saturated rings. The van der Waals surface area contributed by atoms with Crippen LogP contribution in [0, 0.1) is 0 Å². The van der Waals surface area contributed by atoms with Crippen molar-refractivity contribution in [3.63, 3.8) is 0 Å². The van der Waals surface area contributed by atoms with Crippen molar-refractivity contribution in [1.29, 1.82) is 0 Å². The van der Waals surface area contributed by atoms with Crippen LogP contribution in [0.4, 0.5) is 0 Å². The highest BCUT2D eigenvalue weighted by atomic mass is 16.7. The van der Waals surface area contributed by atoms with E-state index in [9.17, 15) is 45.3 Å². The molecular weight excluding hydrogens is 829 g/mol. The molecule has 0 aromatic heterocycles. The normalized spacial score (nSPS) is 26.6. The lowest BCUT2D eigenvalue weighted by molar-refractivity contribution is -0.332. The second kappa shape index (κ2) is 37.2. The molecule has 64 heavy (non-hydrogen) atoms. The lowest BCUT2D eigenvalue weighted by Crippen LogP contribution is -2.61. The minimum atomic E-state index is -1.76. The molecule has 2 aliphatic heterocycles. The number of carbonyl (C=O) groups is 2. The summed E-state index contributed by atoms with van der Waals surface area (Å²) >= 11 is 0. The maximum Gasteiger partial charge on any atom is 0.306 e. The Morgan fingerprint density at radius 2 is 0.891 bits per heavy atom. The summed E-state index contributed by atoms with van der Waals surface area (Å²) in [7, 11) is 0. The van der Waals surface area contributed by atoms with Crippen molar-refractivity contribution in [1.82, 2.24) is 0 Å². The van der Waals surface area contributed by atoms with E-state index in [2.05, 4.69) is 26.0 Å². The van der Waals surface area contributed by atoms with Gasteiger partial charge < -0.3 is 64.2 Å². The number of esters is 2. The Kier molecular flexibility index (Phi) is 34.0. The molecule has 0 radical (unpaired) electrons. The molecule has 2 aliphatic rings. The maximum absolute atomic E-state index is 13.0. The molecule has 15 nitrogen and oxygen atoms in total. The quantitative estimate of drug-likeness (QED) is 0.0196. The first-order valence-corrected chi connectivity index (χ1v) is 25.3.